The van der Waals surface area contributed by atoms with Gasteiger partial charge in [0.2, 0.25) is 0 Å². The summed E-state index contributed by atoms with van der Waals surface area (Å²) in [4.78, 5) is 13.8. The van der Waals surface area contributed by atoms with Crippen molar-refractivity contribution in [2.75, 3.05) is 18.5 Å². The number of hydrogen-bond acceptors (Lipinski definition) is 4. The van der Waals surface area contributed by atoms with Crippen molar-refractivity contribution in [3.8, 4) is 0 Å². The summed E-state index contributed by atoms with van der Waals surface area (Å²) in [5.41, 5.74) is 1.35. The highest BCUT2D eigenvalue weighted by atomic mass is 16.1. The van der Waals surface area contributed by atoms with Crippen LogP contribution in [-0.4, -0.2) is 29.7 Å². The Hall–Kier alpha value is -2.43. The third kappa shape index (κ3) is 4.02. The molecule has 1 aromatic carbocycles. The third-order valence-corrected chi connectivity index (χ3v) is 3.04. The van der Waals surface area contributed by atoms with Gasteiger partial charge in [0.1, 0.15) is 0 Å². The zero-order valence-corrected chi connectivity index (χ0v) is 12.6. The molecular weight excluding hydrogens is 264 g/mol. The van der Waals surface area contributed by atoms with E-state index in [1.54, 1.807) is 12.1 Å². The monoisotopic (exact) mass is 284 g/mol. The molecule has 2 rings (SSSR count). The van der Waals surface area contributed by atoms with E-state index in [4.69, 9.17) is 0 Å². The molecular formula is C16H20N4O. The van der Waals surface area contributed by atoms with Crippen molar-refractivity contribution < 1.29 is 4.79 Å². The first-order chi connectivity index (χ1) is 10.1. The van der Waals surface area contributed by atoms with Crippen LogP contribution in [0.2, 0.25) is 0 Å². The lowest BCUT2D eigenvalue weighted by Crippen LogP contribution is -2.28. The molecule has 0 bridgehead atoms. The van der Waals surface area contributed by atoms with Crippen molar-refractivity contribution in [1.29, 1.82) is 0 Å². The molecule has 110 valence electrons. The molecule has 1 N–H and O–H groups in total. The second kappa shape index (κ2) is 6.83. The second-order valence-electron chi connectivity index (χ2n) is 5.28. The number of rotatable bonds is 5. The topological polar surface area (TPSA) is 58.1 Å². The van der Waals surface area contributed by atoms with Crippen LogP contribution in [-0.2, 0) is 0 Å². The van der Waals surface area contributed by atoms with Gasteiger partial charge < -0.3 is 10.2 Å². The normalized spacial score (nSPS) is 10.5. The van der Waals surface area contributed by atoms with Crippen LogP contribution in [0.1, 0.15) is 24.3 Å². The molecule has 1 heterocycles. The zero-order valence-electron chi connectivity index (χ0n) is 12.6. The fourth-order valence-corrected chi connectivity index (χ4v) is 1.80. The summed E-state index contributed by atoms with van der Waals surface area (Å²) >= 11 is 0. The van der Waals surface area contributed by atoms with E-state index >= 15 is 0 Å². The van der Waals surface area contributed by atoms with Crippen LogP contribution in [0.15, 0.2) is 42.5 Å². The summed E-state index contributed by atoms with van der Waals surface area (Å²) < 4.78 is 0. The number of carbonyl (C=O) groups excluding carboxylic acids is 1. The van der Waals surface area contributed by atoms with Crippen LogP contribution >= 0.6 is 0 Å². The van der Waals surface area contributed by atoms with Gasteiger partial charge in [-0.25, -0.2) is 0 Å². The standard InChI is InChI=1S/C16H20N4O/c1-12(2)11-17-16(21)14-9-10-15(19-18-14)20(3)13-7-5-4-6-8-13/h4-10,12H,11H2,1-3H3,(H,17,21). The number of anilines is 2. The van der Waals surface area contributed by atoms with E-state index in [0.717, 1.165) is 5.69 Å². The van der Waals surface area contributed by atoms with E-state index in [-0.39, 0.29) is 5.91 Å². The zero-order chi connectivity index (χ0) is 15.2. The molecule has 1 aromatic heterocycles. The SMILES string of the molecule is CC(C)CNC(=O)c1ccc(N(C)c2ccccc2)nn1. The van der Waals surface area contributed by atoms with E-state index in [1.165, 1.54) is 0 Å². The molecule has 0 aliphatic carbocycles. The van der Waals surface area contributed by atoms with Gasteiger partial charge in [-0.15, -0.1) is 10.2 Å². The van der Waals surface area contributed by atoms with Gasteiger partial charge in [-0.05, 0) is 30.2 Å². The highest BCUT2D eigenvalue weighted by Gasteiger charge is 2.10. The number of nitrogens with zero attached hydrogens (tertiary/aromatic N) is 3. The highest BCUT2D eigenvalue weighted by Crippen LogP contribution is 2.20. The maximum atomic E-state index is 11.9. The molecule has 0 saturated heterocycles. The van der Waals surface area contributed by atoms with Gasteiger partial charge >= 0.3 is 0 Å². The average molecular weight is 284 g/mol. The summed E-state index contributed by atoms with van der Waals surface area (Å²) in [6.45, 7) is 4.72. The Morgan fingerprint density at radius 2 is 1.86 bits per heavy atom. The van der Waals surface area contributed by atoms with Gasteiger partial charge in [0.05, 0.1) is 0 Å². The minimum Gasteiger partial charge on any atom is -0.350 e. The van der Waals surface area contributed by atoms with E-state index in [2.05, 4.69) is 15.5 Å². The van der Waals surface area contributed by atoms with Crippen LogP contribution in [0, 0.1) is 5.92 Å². The fraction of sp³-hybridized carbons (Fsp3) is 0.312. The van der Waals surface area contributed by atoms with Crippen molar-refractivity contribution in [2.24, 2.45) is 5.92 Å². The Balaban J connectivity index is 2.07. The first-order valence-electron chi connectivity index (χ1n) is 6.98. The number of nitrogens with one attached hydrogen (secondary N) is 1. The molecule has 2 aromatic rings. The predicted octanol–water partition coefficient (Wildman–Crippen LogP) is 2.63. The Bertz CT molecular complexity index is 581. The van der Waals surface area contributed by atoms with Crippen LogP contribution in [0.4, 0.5) is 11.5 Å². The summed E-state index contributed by atoms with van der Waals surface area (Å²) in [6, 6.07) is 13.4. The summed E-state index contributed by atoms with van der Waals surface area (Å²) in [7, 11) is 1.91. The van der Waals surface area contributed by atoms with Gasteiger partial charge in [-0.3, -0.25) is 4.79 Å². The first-order valence-corrected chi connectivity index (χ1v) is 6.98. The van der Waals surface area contributed by atoms with Crippen molar-refractivity contribution >= 4 is 17.4 Å². The van der Waals surface area contributed by atoms with Gasteiger partial charge in [0.15, 0.2) is 11.5 Å². The molecule has 5 nitrogen and oxygen atoms in total. The predicted molar refractivity (Wildman–Crippen MR) is 83.7 cm³/mol. The van der Waals surface area contributed by atoms with Crippen molar-refractivity contribution in [2.45, 2.75) is 13.8 Å². The number of benzene rings is 1. The van der Waals surface area contributed by atoms with Gasteiger partial charge in [0.25, 0.3) is 5.91 Å². The number of para-hydroxylation sites is 1. The van der Waals surface area contributed by atoms with Crippen molar-refractivity contribution in [3.05, 3.63) is 48.2 Å². The lowest BCUT2D eigenvalue weighted by Gasteiger charge is -2.17. The number of carbonyl (C=O) groups is 1. The van der Waals surface area contributed by atoms with E-state index < -0.39 is 0 Å². The summed E-state index contributed by atoms with van der Waals surface area (Å²) in [5.74, 6) is 0.914. The molecule has 1 amide bonds. The van der Waals surface area contributed by atoms with E-state index in [0.29, 0.717) is 24.0 Å². The molecule has 0 spiro atoms. The quantitative estimate of drug-likeness (QED) is 0.917. The van der Waals surface area contributed by atoms with Crippen LogP contribution in [0.5, 0.6) is 0 Å². The molecule has 0 saturated carbocycles. The molecule has 0 aliphatic rings. The third-order valence-electron chi connectivity index (χ3n) is 3.04. The number of hydrogen-bond donors (Lipinski definition) is 1. The second-order valence-corrected chi connectivity index (χ2v) is 5.28. The minimum absolute atomic E-state index is 0.190. The Morgan fingerprint density at radius 1 is 1.14 bits per heavy atom. The Labute approximate surface area is 125 Å². The van der Waals surface area contributed by atoms with Gasteiger partial charge in [-0.2, -0.15) is 0 Å². The molecule has 0 unspecified atom stereocenters. The first kappa shape index (κ1) is 15.0. The van der Waals surface area contributed by atoms with Crippen LogP contribution < -0.4 is 10.2 Å². The maximum absolute atomic E-state index is 11.9. The molecule has 0 fully saturated rings. The summed E-state index contributed by atoms with van der Waals surface area (Å²) in [6.07, 6.45) is 0. The summed E-state index contributed by atoms with van der Waals surface area (Å²) in [5, 5.41) is 10.9. The molecule has 0 aliphatic heterocycles. The van der Waals surface area contributed by atoms with Crippen molar-refractivity contribution in [1.82, 2.24) is 15.5 Å². The number of amides is 1. The van der Waals surface area contributed by atoms with Gasteiger partial charge in [-0.1, -0.05) is 32.0 Å². The van der Waals surface area contributed by atoms with Crippen LogP contribution in [0.25, 0.3) is 0 Å². The highest BCUT2D eigenvalue weighted by molar-refractivity contribution is 5.92. The molecule has 5 heteroatoms. The van der Waals surface area contributed by atoms with Crippen LogP contribution in [0.3, 0.4) is 0 Å². The Morgan fingerprint density at radius 3 is 2.43 bits per heavy atom. The Kier molecular flexibility index (Phi) is 4.87. The van der Waals surface area contributed by atoms with E-state index in [9.17, 15) is 4.79 Å². The van der Waals surface area contributed by atoms with Gasteiger partial charge in [0, 0.05) is 19.3 Å². The number of aromatic nitrogens is 2. The fourth-order valence-electron chi connectivity index (χ4n) is 1.80. The molecule has 21 heavy (non-hydrogen) atoms. The maximum Gasteiger partial charge on any atom is 0.271 e. The lowest BCUT2D eigenvalue weighted by molar-refractivity contribution is 0.0943. The molecule has 0 radical (unpaired) electrons. The lowest BCUT2D eigenvalue weighted by atomic mass is 10.2. The molecule has 0 atom stereocenters. The minimum atomic E-state index is -0.190. The average Bonchev–Trinajstić information content (AvgIpc) is 2.53. The van der Waals surface area contributed by atoms with Crippen molar-refractivity contribution in [3.63, 3.8) is 0 Å². The largest absolute Gasteiger partial charge is 0.350 e. The van der Waals surface area contributed by atoms with E-state index in [1.807, 2.05) is 56.1 Å². The smallest absolute Gasteiger partial charge is 0.271 e.